The van der Waals surface area contributed by atoms with Gasteiger partial charge in [-0.25, -0.2) is 4.98 Å². The van der Waals surface area contributed by atoms with Crippen molar-refractivity contribution in [3.8, 4) is 0 Å². The van der Waals surface area contributed by atoms with Crippen LogP contribution in [0, 0.1) is 22.7 Å². The highest BCUT2D eigenvalue weighted by Gasteiger charge is 2.83. The Morgan fingerprint density at radius 1 is 1.07 bits per heavy atom. The molecule has 1 aromatic rings. The molecule has 2 bridgehead atoms. The molecule has 4 rings (SSSR count). The van der Waals surface area contributed by atoms with Crippen molar-refractivity contribution in [3.63, 3.8) is 0 Å². The molecule has 3 aliphatic carbocycles. The van der Waals surface area contributed by atoms with Crippen LogP contribution in [0.25, 0.3) is 0 Å². The Morgan fingerprint density at radius 3 is 2.22 bits per heavy atom. The van der Waals surface area contributed by atoms with Gasteiger partial charge in [-0.15, -0.1) is 0 Å². The maximum atomic E-state index is 13.1. The summed E-state index contributed by atoms with van der Waals surface area (Å²) in [5, 5.41) is 0.282. The normalized spacial score (nSPS) is 35.3. The van der Waals surface area contributed by atoms with Crippen LogP contribution in [-0.2, 0) is 19.8 Å². The van der Waals surface area contributed by atoms with Crippen molar-refractivity contribution >= 4 is 29.3 Å². The van der Waals surface area contributed by atoms with Gasteiger partial charge in [0.1, 0.15) is 5.15 Å². The minimum absolute atomic E-state index is 0.0295. The van der Waals surface area contributed by atoms with Crippen molar-refractivity contribution in [1.82, 2.24) is 4.98 Å². The smallest absolute Gasteiger partial charge is 0.229 e. The van der Waals surface area contributed by atoms with E-state index in [4.69, 9.17) is 28.8 Å². The van der Waals surface area contributed by atoms with E-state index in [1.807, 2.05) is 0 Å². The van der Waals surface area contributed by atoms with Crippen LogP contribution in [0.15, 0.2) is 18.3 Å². The molecule has 0 radical (unpaired) electrons. The molecule has 3 aliphatic rings. The molecule has 1 spiro atoms. The van der Waals surface area contributed by atoms with E-state index in [9.17, 15) is 14.4 Å². The minimum Gasteiger partial charge on any atom is -0.370 e. The lowest BCUT2D eigenvalue weighted by molar-refractivity contribution is -0.148. The monoisotopic (exact) mass is 390 g/mol. The van der Waals surface area contributed by atoms with E-state index in [2.05, 4.69) is 4.98 Å². The summed E-state index contributed by atoms with van der Waals surface area (Å²) in [5.41, 5.74) is 15.3. The molecule has 0 saturated heterocycles. The number of carbonyl (C=O) groups is 3. The average molecular weight is 391 g/mol. The Morgan fingerprint density at radius 2 is 1.74 bits per heavy atom. The maximum Gasteiger partial charge on any atom is 0.229 e. The first-order valence-electron chi connectivity index (χ1n) is 9.23. The fourth-order valence-corrected chi connectivity index (χ4v) is 6.86. The van der Waals surface area contributed by atoms with Crippen LogP contribution < -0.4 is 17.2 Å². The topological polar surface area (TPSA) is 142 Å². The van der Waals surface area contributed by atoms with E-state index >= 15 is 0 Å². The first-order chi connectivity index (χ1) is 12.7. The van der Waals surface area contributed by atoms with Gasteiger partial charge in [-0.1, -0.05) is 17.7 Å². The lowest BCUT2D eigenvalue weighted by Gasteiger charge is -2.49. The molecule has 8 heteroatoms. The van der Waals surface area contributed by atoms with Crippen molar-refractivity contribution in [3.05, 3.63) is 29.0 Å². The van der Waals surface area contributed by atoms with Crippen molar-refractivity contribution in [2.24, 2.45) is 39.9 Å². The zero-order valence-corrected chi connectivity index (χ0v) is 15.7. The largest absolute Gasteiger partial charge is 0.370 e. The Hall–Kier alpha value is -2.15. The van der Waals surface area contributed by atoms with Crippen molar-refractivity contribution in [1.29, 1.82) is 0 Å². The van der Waals surface area contributed by atoms with Crippen LogP contribution in [-0.4, -0.2) is 22.7 Å². The van der Waals surface area contributed by atoms with E-state index in [0.717, 1.165) is 25.7 Å². The third-order valence-corrected chi connectivity index (χ3v) is 7.78. The summed E-state index contributed by atoms with van der Waals surface area (Å²) in [4.78, 5) is 41.9. The van der Waals surface area contributed by atoms with Crippen LogP contribution in [0.2, 0.25) is 5.15 Å². The molecule has 7 nitrogen and oxygen atoms in total. The number of aromatic nitrogens is 1. The van der Waals surface area contributed by atoms with Gasteiger partial charge in [-0.2, -0.15) is 0 Å². The lowest BCUT2D eigenvalue weighted by Crippen LogP contribution is -2.63. The van der Waals surface area contributed by atoms with Crippen molar-refractivity contribution in [2.45, 2.75) is 43.9 Å². The molecular formula is C19H23ClN4O3. The molecule has 3 fully saturated rings. The van der Waals surface area contributed by atoms with Gasteiger partial charge in [-0.3, -0.25) is 14.4 Å². The minimum atomic E-state index is -1.30. The number of carbonyl (C=O) groups excluding carboxylic acids is 3. The summed E-state index contributed by atoms with van der Waals surface area (Å²) in [6, 6.07) is 3.30. The molecule has 3 amide bonds. The van der Waals surface area contributed by atoms with Crippen LogP contribution >= 0.6 is 11.6 Å². The van der Waals surface area contributed by atoms with Crippen LogP contribution in [0.4, 0.5) is 0 Å². The van der Waals surface area contributed by atoms with E-state index < -0.39 is 28.6 Å². The van der Waals surface area contributed by atoms with Crippen molar-refractivity contribution in [2.75, 3.05) is 0 Å². The summed E-state index contributed by atoms with van der Waals surface area (Å²) in [6.07, 6.45) is 5.06. The number of nitrogens with zero attached hydrogens (tertiary/aromatic N) is 1. The molecular weight excluding hydrogens is 368 g/mol. The second kappa shape index (κ2) is 5.67. The fraction of sp³-hybridized carbons (Fsp3) is 0.579. The summed E-state index contributed by atoms with van der Waals surface area (Å²) in [6.45, 7) is 0. The Bertz CT molecular complexity index is 838. The number of nitrogens with two attached hydrogens (primary N) is 3. The molecule has 0 unspecified atom stereocenters. The van der Waals surface area contributed by atoms with Gasteiger partial charge < -0.3 is 17.2 Å². The quantitative estimate of drug-likeness (QED) is 0.623. The van der Waals surface area contributed by atoms with E-state index in [1.54, 1.807) is 12.1 Å². The first-order valence-corrected chi connectivity index (χ1v) is 9.61. The molecule has 0 aromatic carbocycles. The predicted octanol–water partition coefficient (Wildman–Crippen LogP) is 1.02. The van der Waals surface area contributed by atoms with Gasteiger partial charge in [-0.05, 0) is 61.0 Å². The second-order valence-corrected chi connectivity index (χ2v) is 8.65. The predicted molar refractivity (Wildman–Crippen MR) is 98.1 cm³/mol. The van der Waals surface area contributed by atoms with Crippen molar-refractivity contribution < 1.29 is 14.4 Å². The van der Waals surface area contributed by atoms with Crippen LogP contribution in [0.3, 0.4) is 0 Å². The van der Waals surface area contributed by atoms with Gasteiger partial charge in [0.25, 0.3) is 0 Å². The number of hydrogen-bond acceptors (Lipinski definition) is 4. The molecule has 27 heavy (non-hydrogen) atoms. The van der Waals surface area contributed by atoms with Gasteiger partial charge in [0.05, 0.1) is 10.8 Å². The molecule has 1 aromatic heterocycles. The van der Waals surface area contributed by atoms with E-state index in [1.165, 1.54) is 6.20 Å². The molecule has 144 valence electrons. The highest BCUT2D eigenvalue weighted by Crippen LogP contribution is 2.82. The van der Waals surface area contributed by atoms with Crippen LogP contribution in [0.5, 0.6) is 0 Å². The molecule has 1 heterocycles. The molecule has 3 saturated carbocycles. The van der Waals surface area contributed by atoms with Gasteiger partial charge >= 0.3 is 0 Å². The number of rotatable bonds is 6. The van der Waals surface area contributed by atoms with Gasteiger partial charge in [0.2, 0.25) is 17.7 Å². The summed E-state index contributed by atoms with van der Waals surface area (Å²) >= 11 is 5.95. The number of primary amides is 3. The highest BCUT2D eigenvalue weighted by molar-refractivity contribution is 6.29. The summed E-state index contributed by atoms with van der Waals surface area (Å²) in [7, 11) is 0. The Labute approximate surface area is 162 Å². The van der Waals surface area contributed by atoms with Gasteiger partial charge in [0.15, 0.2) is 0 Å². The average Bonchev–Trinajstić information content (AvgIpc) is 3.27. The third kappa shape index (κ3) is 2.03. The fourth-order valence-electron chi connectivity index (χ4n) is 6.75. The Balaban J connectivity index is 2.00. The highest BCUT2D eigenvalue weighted by atomic mass is 35.5. The number of hydrogen-bond donors (Lipinski definition) is 3. The SMILES string of the molecule is NC(=O)CC[C@@]1(C(N)=O)[C@@H]2CC[C@@H](C23CC3)[C@@]1(C(N)=O)c1ccc(Cl)nc1. The number of pyridine rings is 1. The molecule has 0 aliphatic heterocycles. The lowest BCUT2D eigenvalue weighted by atomic mass is 9.51. The van der Waals surface area contributed by atoms with E-state index in [-0.39, 0.29) is 35.2 Å². The first kappa shape index (κ1) is 18.2. The zero-order chi connectivity index (χ0) is 19.6. The molecule has 6 N–H and O–H groups in total. The third-order valence-electron chi connectivity index (χ3n) is 7.56. The van der Waals surface area contributed by atoms with Crippen LogP contribution in [0.1, 0.15) is 44.1 Å². The van der Waals surface area contributed by atoms with E-state index in [0.29, 0.717) is 5.56 Å². The Kier molecular flexibility index (Phi) is 3.83. The zero-order valence-electron chi connectivity index (χ0n) is 14.9. The number of amides is 3. The second-order valence-electron chi connectivity index (χ2n) is 8.26. The summed E-state index contributed by atoms with van der Waals surface area (Å²) in [5.74, 6) is -1.90. The standard InChI is InChI=1S/C19H23ClN4O3/c20-13-4-1-10(9-24-13)19(16(23)27)12-3-2-11(17(12)7-8-17)18(19,15(22)26)6-5-14(21)25/h1,4,9,11-12H,2-3,5-8H2,(H2,21,25)(H2,22,26)(H2,23,27)/t11-,12+,18+,19-/m1/s1. The number of halogens is 1. The maximum absolute atomic E-state index is 13.1. The van der Waals surface area contributed by atoms with Gasteiger partial charge in [0, 0.05) is 12.6 Å². The summed E-state index contributed by atoms with van der Waals surface area (Å²) < 4.78 is 0. The molecule has 4 atom stereocenters.